The van der Waals surface area contributed by atoms with Crippen LogP contribution in [-0.2, 0) is 11.0 Å². The van der Waals surface area contributed by atoms with E-state index in [9.17, 15) is 23.1 Å². The second-order valence-electron chi connectivity index (χ2n) is 6.54. The largest absolute Gasteiger partial charge is 0.416 e. The molecule has 126 valence electrons. The number of carbonyl (C=O) groups is 1. The molecule has 1 amide bonds. The first-order valence-corrected chi connectivity index (χ1v) is 7.97. The van der Waals surface area contributed by atoms with Crippen molar-refractivity contribution in [1.82, 2.24) is 4.90 Å². The number of hydrogen-bond acceptors (Lipinski definition) is 2. The normalized spacial score (nSPS) is 27.8. The summed E-state index contributed by atoms with van der Waals surface area (Å²) in [4.78, 5) is 14.3. The molecular formula is C17H20F3NO2. The predicted molar refractivity (Wildman–Crippen MR) is 78.7 cm³/mol. The maximum absolute atomic E-state index is 12.6. The summed E-state index contributed by atoms with van der Waals surface area (Å²) in [6.45, 7) is 1.40. The number of amides is 1. The molecule has 1 heterocycles. The summed E-state index contributed by atoms with van der Waals surface area (Å²) in [6, 6.07) is 5.12. The Labute approximate surface area is 133 Å². The lowest BCUT2D eigenvalue weighted by atomic mass is 9.98. The molecule has 3 unspecified atom stereocenters. The van der Waals surface area contributed by atoms with Gasteiger partial charge in [0.05, 0.1) is 5.56 Å². The molecule has 1 aliphatic heterocycles. The summed E-state index contributed by atoms with van der Waals surface area (Å²) < 4.78 is 37.7. The van der Waals surface area contributed by atoms with E-state index in [2.05, 4.69) is 0 Å². The van der Waals surface area contributed by atoms with Crippen LogP contribution in [-0.4, -0.2) is 35.6 Å². The van der Waals surface area contributed by atoms with Crippen LogP contribution in [0.3, 0.4) is 0 Å². The Kier molecular flexibility index (Phi) is 4.36. The summed E-state index contributed by atoms with van der Waals surface area (Å²) in [5.74, 6) is 0.132. The fourth-order valence-electron chi connectivity index (χ4n) is 3.40. The number of nitrogens with zero attached hydrogens (tertiary/aromatic N) is 1. The lowest BCUT2D eigenvalue weighted by Gasteiger charge is -2.32. The average molecular weight is 327 g/mol. The van der Waals surface area contributed by atoms with E-state index in [1.165, 1.54) is 12.1 Å². The van der Waals surface area contributed by atoms with Crippen LogP contribution in [0.5, 0.6) is 0 Å². The summed E-state index contributed by atoms with van der Waals surface area (Å²) >= 11 is 0. The summed E-state index contributed by atoms with van der Waals surface area (Å²) in [6.07, 6.45) is -1.79. The fourth-order valence-corrected chi connectivity index (χ4v) is 3.40. The Balaban J connectivity index is 1.61. The van der Waals surface area contributed by atoms with Crippen molar-refractivity contribution < 1.29 is 23.1 Å². The zero-order chi connectivity index (χ0) is 16.6. The highest BCUT2D eigenvalue weighted by atomic mass is 19.4. The van der Waals surface area contributed by atoms with Gasteiger partial charge < -0.3 is 10.0 Å². The zero-order valence-corrected chi connectivity index (χ0v) is 12.7. The van der Waals surface area contributed by atoms with Crippen molar-refractivity contribution in [1.29, 1.82) is 0 Å². The first kappa shape index (κ1) is 16.3. The monoisotopic (exact) mass is 327 g/mol. The first-order chi connectivity index (χ1) is 10.9. The Morgan fingerprint density at radius 1 is 1.26 bits per heavy atom. The minimum Gasteiger partial charge on any atom is -0.396 e. The van der Waals surface area contributed by atoms with Gasteiger partial charge in [0.1, 0.15) is 0 Å². The van der Waals surface area contributed by atoms with E-state index in [1.54, 1.807) is 4.90 Å². The number of aliphatic hydroxyl groups is 1. The van der Waals surface area contributed by atoms with E-state index >= 15 is 0 Å². The number of alkyl halides is 3. The highest BCUT2D eigenvalue weighted by Gasteiger charge is 2.46. The molecule has 1 aliphatic carbocycles. The molecule has 1 aromatic carbocycles. The average Bonchev–Trinajstić information content (AvgIpc) is 3.34. The molecule has 0 spiro atoms. The zero-order valence-electron chi connectivity index (χ0n) is 12.7. The third-order valence-electron chi connectivity index (χ3n) is 4.86. The van der Waals surface area contributed by atoms with Crippen LogP contribution < -0.4 is 0 Å². The number of piperidine rings is 1. The minimum atomic E-state index is -4.33. The molecular weight excluding hydrogens is 307 g/mol. The lowest BCUT2D eigenvalue weighted by Crippen LogP contribution is -2.41. The van der Waals surface area contributed by atoms with E-state index in [4.69, 9.17) is 0 Å². The first-order valence-electron chi connectivity index (χ1n) is 7.97. The summed E-state index contributed by atoms with van der Waals surface area (Å²) in [7, 11) is 0. The molecule has 3 atom stereocenters. The van der Waals surface area contributed by atoms with Crippen LogP contribution in [0, 0.1) is 11.8 Å². The Bertz CT molecular complexity index is 570. The van der Waals surface area contributed by atoms with E-state index in [1.807, 2.05) is 0 Å². The van der Waals surface area contributed by atoms with Crippen molar-refractivity contribution in [2.45, 2.75) is 31.4 Å². The van der Waals surface area contributed by atoms with Crippen LogP contribution in [0.15, 0.2) is 24.3 Å². The van der Waals surface area contributed by atoms with Gasteiger partial charge in [-0.25, -0.2) is 0 Å². The van der Waals surface area contributed by atoms with Gasteiger partial charge >= 0.3 is 6.18 Å². The number of benzene rings is 1. The minimum absolute atomic E-state index is 0.0271. The molecule has 0 radical (unpaired) electrons. The molecule has 0 aromatic heterocycles. The summed E-state index contributed by atoms with van der Waals surface area (Å²) in [5.41, 5.74) is 0.138. The van der Waals surface area contributed by atoms with Gasteiger partial charge in [-0.05, 0) is 48.8 Å². The van der Waals surface area contributed by atoms with E-state index in [0.29, 0.717) is 19.5 Å². The number of carbonyl (C=O) groups excluding carboxylic acids is 1. The van der Waals surface area contributed by atoms with Gasteiger partial charge in [-0.2, -0.15) is 13.2 Å². The van der Waals surface area contributed by atoms with E-state index in [-0.39, 0.29) is 30.3 Å². The van der Waals surface area contributed by atoms with Crippen molar-refractivity contribution in [3.63, 3.8) is 0 Å². The second kappa shape index (κ2) is 6.15. The quantitative estimate of drug-likeness (QED) is 0.927. The van der Waals surface area contributed by atoms with Crippen LogP contribution in [0.1, 0.15) is 36.3 Å². The van der Waals surface area contributed by atoms with E-state index < -0.39 is 11.7 Å². The summed E-state index contributed by atoms with van der Waals surface area (Å²) in [5, 5.41) is 9.24. The SMILES string of the molecule is O=C(C1CC1c1ccc(C(F)(F)F)cc1)N1CCCC(CO)C1. The van der Waals surface area contributed by atoms with Gasteiger partial charge in [0.15, 0.2) is 0 Å². The van der Waals surface area contributed by atoms with Crippen molar-refractivity contribution in [2.75, 3.05) is 19.7 Å². The topological polar surface area (TPSA) is 40.5 Å². The van der Waals surface area contributed by atoms with Gasteiger partial charge in [0, 0.05) is 25.6 Å². The van der Waals surface area contributed by atoms with E-state index in [0.717, 1.165) is 30.5 Å². The third-order valence-corrected chi connectivity index (χ3v) is 4.86. The lowest BCUT2D eigenvalue weighted by molar-refractivity contribution is -0.137. The van der Waals surface area contributed by atoms with Crippen LogP contribution in [0.4, 0.5) is 13.2 Å². The molecule has 1 saturated carbocycles. The maximum atomic E-state index is 12.6. The van der Waals surface area contributed by atoms with Crippen molar-refractivity contribution in [3.8, 4) is 0 Å². The number of hydrogen-bond donors (Lipinski definition) is 1. The van der Waals surface area contributed by atoms with Gasteiger partial charge in [0.25, 0.3) is 0 Å². The van der Waals surface area contributed by atoms with Gasteiger partial charge in [-0.3, -0.25) is 4.79 Å². The Morgan fingerprint density at radius 2 is 1.96 bits per heavy atom. The Hall–Kier alpha value is -1.56. The number of likely N-dealkylation sites (tertiary alicyclic amines) is 1. The molecule has 1 N–H and O–H groups in total. The maximum Gasteiger partial charge on any atom is 0.416 e. The fraction of sp³-hybridized carbons (Fsp3) is 0.588. The molecule has 23 heavy (non-hydrogen) atoms. The number of halogens is 3. The molecule has 1 aromatic rings. The molecule has 2 fully saturated rings. The predicted octanol–water partition coefficient (Wildman–Crippen LogP) is 3.04. The second-order valence-corrected chi connectivity index (χ2v) is 6.54. The highest BCUT2D eigenvalue weighted by Crippen LogP contribution is 2.49. The van der Waals surface area contributed by atoms with Crippen molar-refractivity contribution in [3.05, 3.63) is 35.4 Å². The number of rotatable bonds is 3. The van der Waals surface area contributed by atoms with Gasteiger partial charge in [-0.1, -0.05) is 12.1 Å². The van der Waals surface area contributed by atoms with Gasteiger partial charge in [-0.15, -0.1) is 0 Å². The molecule has 3 rings (SSSR count). The van der Waals surface area contributed by atoms with Crippen LogP contribution in [0.2, 0.25) is 0 Å². The molecule has 6 heteroatoms. The third kappa shape index (κ3) is 3.52. The Morgan fingerprint density at radius 3 is 2.57 bits per heavy atom. The van der Waals surface area contributed by atoms with Crippen LogP contribution >= 0.6 is 0 Å². The van der Waals surface area contributed by atoms with Crippen LogP contribution in [0.25, 0.3) is 0 Å². The molecule has 2 aliphatic rings. The van der Waals surface area contributed by atoms with Crippen molar-refractivity contribution in [2.24, 2.45) is 11.8 Å². The molecule has 0 bridgehead atoms. The molecule has 1 saturated heterocycles. The number of aliphatic hydroxyl groups excluding tert-OH is 1. The standard InChI is InChI=1S/C17H20F3NO2/c18-17(19,20)13-5-3-12(4-6-13)14-8-15(14)16(23)21-7-1-2-11(9-21)10-22/h3-6,11,14-15,22H,1-2,7-10H2. The highest BCUT2D eigenvalue weighted by molar-refractivity contribution is 5.83. The van der Waals surface area contributed by atoms with Crippen molar-refractivity contribution >= 4 is 5.91 Å². The molecule has 3 nitrogen and oxygen atoms in total. The smallest absolute Gasteiger partial charge is 0.396 e. The van der Waals surface area contributed by atoms with Gasteiger partial charge in [0.2, 0.25) is 5.91 Å².